The first kappa shape index (κ1) is 47.2. The highest BCUT2D eigenvalue weighted by atomic mass is 15.2. The third-order valence-corrected chi connectivity index (χ3v) is 14.9. The zero-order valence-corrected chi connectivity index (χ0v) is 44.5. The van der Waals surface area contributed by atoms with Crippen molar-refractivity contribution in [2.45, 2.75) is 131 Å². The lowest BCUT2D eigenvalue weighted by Crippen LogP contribution is -2.61. The predicted octanol–water partition coefficient (Wildman–Crippen LogP) is 16.9. The monoisotopic (exact) mass is 918 g/mol. The first-order valence-electron chi connectivity index (χ1n) is 25.6. The van der Waals surface area contributed by atoms with E-state index >= 15 is 0 Å². The lowest BCUT2D eigenvalue weighted by molar-refractivity contribution is 0.587. The van der Waals surface area contributed by atoms with Crippen LogP contribution in [0.25, 0.3) is 10.8 Å². The van der Waals surface area contributed by atoms with Gasteiger partial charge in [-0.05, 0) is 131 Å². The summed E-state index contributed by atoms with van der Waals surface area (Å²) in [4.78, 5) is 7.80. The molecule has 8 aromatic rings. The number of anilines is 9. The van der Waals surface area contributed by atoms with Gasteiger partial charge in [0.05, 0.1) is 11.4 Å². The zero-order chi connectivity index (χ0) is 49.9. The Morgan fingerprint density at radius 3 is 1.31 bits per heavy atom. The molecule has 8 aromatic carbocycles. The van der Waals surface area contributed by atoms with E-state index in [1.165, 1.54) is 94.8 Å². The summed E-state index contributed by atoms with van der Waals surface area (Å²) in [5, 5.41) is 2.45. The van der Waals surface area contributed by atoms with E-state index in [2.05, 4.69) is 282 Å². The Hall–Kier alpha value is -6.52. The maximum absolute atomic E-state index is 2.62. The highest BCUT2D eigenvalue weighted by Crippen LogP contribution is 2.52. The largest absolute Gasteiger partial charge is 0.311 e. The summed E-state index contributed by atoms with van der Waals surface area (Å²) in [5.74, 6) is 0. The molecule has 2 heterocycles. The van der Waals surface area contributed by atoms with Crippen LogP contribution in [0.15, 0.2) is 164 Å². The molecule has 0 bridgehead atoms. The van der Waals surface area contributed by atoms with Gasteiger partial charge >= 0.3 is 0 Å². The van der Waals surface area contributed by atoms with Crippen molar-refractivity contribution in [2.24, 2.45) is 0 Å². The molecule has 0 atom stereocenters. The quantitative estimate of drug-likeness (QED) is 0.159. The molecular weight excluding hydrogens is 846 g/mol. The molecule has 70 heavy (non-hydrogen) atoms. The van der Waals surface area contributed by atoms with Crippen LogP contribution in [-0.4, -0.2) is 6.71 Å². The van der Waals surface area contributed by atoms with E-state index < -0.39 is 0 Å². The van der Waals surface area contributed by atoms with Gasteiger partial charge in [0.25, 0.3) is 6.71 Å². The van der Waals surface area contributed by atoms with Crippen molar-refractivity contribution in [1.82, 2.24) is 0 Å². The molecule has 3 nitrogen and oxygen atoms in total. The Morgan fingerprint density at radius 2 is 0.800 bits per heavy atom. The molecule has 0 saturated carbocycles. The van der Waals surface area contributed by atoms with E-state index in [-0.39, 0.29) is 33.8 Å². The van der Waals surface area contributed by atoms with Crippen LogP contribution in [-0.2, 0) is 27.1 Å². The summed E-state index contributed by atoms with van der Waals surface area (Å²) >= 11 is 0. The summed E-state index contributed by atoms with van der Waals surface area (Å²) in [6.07, 6.45) is 0. The topological polar surface area (TPSA) is 9.72 Å². The minimum absolute atomic E-state index is 0.0128. The second kappa shape index (κ2) is 16.5. The van der Waals surface area contributed by atoms with E-state index in [9.17, 15) is 0 Å². The van der Waals surface area contributed by atoms with Crippen molar-refractivity contribution >= 4 is 85.1 Å². The van der Waals surface area contributed by atoms with Gasteiger partial charge in [-0.1, -0.05) is 213 Å². The Bertz CT molecular complexity index is 3240. The van der Waals surface area contributed by atoms with Crippen molar-refractivity contribution in [3.8, 4) is 0 Å². The van der Waals surface area contributed by atoms with Crippen LogP contribution in [0.5, 0.6) is 0 Å². The highest BCUT2D eigenvalue weighted by molar-refractivity contribution is 7.00. The normalized spacial score (nSPS) is 13.8. The fraction of sp³-hybridized carbons (Fsp3) is 0.303. The van der Waals surface area contributed by atoms with Crippen molar-refractivity contribution in [1.29, 1.82) is 0 Å². The Labute approximate surface area is 420 Å². The van der Waals surface area contributed by atoms with Crippen LogP contribution in [0.2, 0.25) is 0 Å². The molecule has 2 aliphatic heterocycles. The summed E-state index contributed by atoms with van der Waals surface area (Å²) in [6.45, 7) is 35.0. The summed E-state index contributed by atoms with van der Waals surface area (Å²) in [5.41, 5.74) is 20.9. The van der Waals surface area contributed by atoms with Crippen molar-refractivity contribution in [2.75, 3.05) is 14.7 Å². The van der Waals surface area contributed by atoms with Gasteiger partial charge in [-0.3, -0.25) is 0 Å². The third-order valence-electron chi connectivity index (χ3n) is 14.9. The van der Waals surface area contributed by atoms with Gasteiger partial charge in [0.15, 0.2) is 0 Å². The van der Waals surface area contributed by atoms with Gasteiger partial charge in [0, 0.05) is 45.2 Å². The summed E-state index contributed by atoms with van der Waals surface area (Å²) < 4.78 is 0. The van der Waals surface area contributed by atoms with Gasteiger partial charge in [-0.15, -0.1) is 0 Å². The van der Waals surface area contributed by atoms with Crippen LogP contribution < -0.4 is 31.1 Å². The average molecular weight is 918 g/mol. The van der Waals surface area contributed by atoms with E-state index in [1.807, 2.05) is 0 Å². The standard InChI is InChI=1S/C66H72BN3/c1-62(2,3)44-31-35-47(36-32-44)68-57-37-33-45(63(4,5)6)39-52(57)67-53-40-46(64(7,8)9)34-38-58(53)70(54-30-22-24-43-23-16-17-25-49(43)54)60-42-48(41-59(68)61(60)67)69(55-28-20-18-26-50(55)65(10,11)12)56-29-21-19-27-51(56)66(13,14)15/h16-42H,1-15H3. The summed E-state index contributed by atoms with van der Waals surface area (Å²) in [7, 11) is 0. The van der Waals surface area contributed by atoms with Crippen LogP contribution in [0, 0.1) is 0 Å². The molecule has 0 saturated heterocycles. The molecule has 0 N–H and O–H groups in total. The van der Waals surface area contributed by atoms with E-state index in [4.69, 9.17) is 0 Å². The SMILES string of the molecule is CC(C)(C)c1ccc(N2c3ccc(C(C)(C)C)cc3B3c4cc(C(C)(C)C)ccc4N(c4cccc5ccccc45)c4cc(N(c5ccccc5C(C)(C)C)c5ccccc5C(C)(C)C)cc2c43)cc1. The zero-order valence-electron chi connectivity index (χ0n) is 44.5. The van der Waals surface area contributed by atoms with Crippen molar-refractivity contribution < 1.29 is 0 Å². The molecule has 4 heteroatoms. The van der Waals surface area contributed by atoms with E-state index in [0.29, 0.717) is 0 Å². The third kappa shape index (κ3) is 8.12. The number of para-hydroxylation sites is 2. The van der Waals surface area contributed by atoms with Gasteiger partial charge in [0.1, 0.15) is 0 Å². The van der Waals surface area contributed by atoms with Crippen LogP contribution >= 0.6 is 0 Å². The minimum atomic E-state index is -0.137. The molecule has 2 aliphatic rings. The number of benzene rings is 8. The number of fused-ring (bicyclic) bond motifs is 5. The van der Waals surface area contributed by atoms with Gasteiger partial charge < -0.3 is 14.7 Å². The van der Waals surface area contributed by atoms with Crippen LogP contribution in [0.1, 0.15) is 132 Å². The fourth-order valence-electron chi connectivity index (χ4n) is 11.1. The Morgan fingerprint density at radius 1 is 0.357 bits per heavy atom. The first-order valence-corrected chi connectivity index (χ1v) is 25.6. The van der Waals surface area contributed by atoms with Gasteiger partial charge in [0.2, 0.25) is 0 Å². The van der Waals surface area contributed by atoms with Gasteiger partial charge in [-0.25, -0.2) is 0 Å². The van der Waals surface area contributed by atoms with Crippen LogP contribution in [0.3, 0.4) is 0 Å². The van der Waals surface area contributed by atoms with Crippen molar-refractivity contribution in [3.05, 3.63) is 192 Å². The molecule has 0 aromatic heterocycles. The molecule has 0 fully saturated rings. The molecule has 0 radical (unpaired) electrons. The molecular formula is C66H72BN3. The Kier molecular flexibility index (Phi) is 11.2. The second-order valence-corrected chi connectivity index (χ2v) is 25.2. The average Bonchev–Trinajstić information content (AvgIpc) is 3.30. The lowest BCUT2D eigenvalue weighted by atomic mass is 9.33. The number of nitrogens with zero attached hydrogens (tertiary/aromatic N) is 3. The molecule has 0 unspecified atom stereocenters. The maximum Gasteiger partial charge on any atom is 0.252 e. The predicted molar refractivity (Wildman–Crippen MR) is 306 cm³/mol. The molecule has 354 valence electrons. The first-order chi connectivity index (χ1) is 32.9. The van der Waals surface area contributed by atoms with E-state index in [0.717, 1.165) is 11.4 Å². The smallest absolute Gasteiger partial charge is 0.252 e. The van der Waals surface area contributed by atoms with Gasteiger partial charge in [-0.2, -0.15) is 0 Å². The van der Waals surface area contributed by atoms with E-state index in [1.54, 1.807) is 0 Å². The molecule has 0 spiro atoms. The summed E-state index contributed by atoms with van der Waals surface area (Å²) in [6, 6.07) is 63.1. The number of rotatable bonds is 5. The maximum atomic E-state index is 2.62. The fourth-order valence-corrected chi connectivity index (χ4v) is 11.1. The van der Waals surface area contributed by atoms with Crippen molar-refractivity contribution in [3.63, 3.8) is 0 Å². The minimum Gasteiger partial charge on any atom is -0.311 e. The second-order valence-electron chi connectivity index (χ2n) is 25.2. The molecule has 0 amide bonds. The molecule has 10 rings (SSSR count). The molecule has 0 aliphatic carbocycles. The Balaban J connectivity index is 1.41. The highest BCUT2D eigenvalue weighted by Gasteiger charge is 2.45. The lowest BCUT2D eigenvalue weighted by Gasteiger charge is -2.46. The number of hydrogen-bond donors (Lipinski definition) is 0. The van der Waals surface area contributed by atoms with Crippen LogP contribution in [0.4, 0.5) is 51.2 Å². The number of hydrogen-bond acceptors (Lipinski definition) is 3.